The summed E-state index contributed by atoms with van der Waals surface area (Å²) < 4.78 is 33.2. The van der Waals surface area contributed by atoms with Crippen molar-refractivity contribution >= 4 is 22.8 Å². The van der Waals surface area contributed by atoms with E-state index in [2.05, 4.69) is 32.5 Å². The SMILES string of the molecule is CC(=O)N[C@H]1CC[C@@H](NC(=O)c2c(C)[nH]c3c(-c4cc(C(F)F)ccc4OCC4CC4)ncnc23)[C@H](C)C1. The van der Waals surface area contributed by atoms with Gasteiger partial charge in [-0.1, -0.05) is 6.92 Å². The molecule has 1 aromatic carbocycles. The number of alkyl halides is 2. The molecule has 8 nitrogen and oxygen atoms in total. The Labute approximate surface area is 220 Å². The molecular formula is C28H33F2N5O3. The van der Waals surface area contributed by atoms with Crippen LogP contribution in [0.5, 0.6) is 5.75 Å². The van der Waals surface area contributed by atoms with Crippen molar-refractivity contribution < 1.29 is 23.1 Å². The Morgan fingerprint density at radius 1 is 1.16 bits per heavy atom. The van der Waals surface area contributed by atoms with E-state index in [0.29, 0.717) is 51.8 Å². The van der Waals surface area contributed by atoms with Crippen LogP contribution in [0, 0.1) is 18.8 Å². The van der Waals surface area contributed by atoms with Gasteiger partial charge in [-0.3, -0.25) is 9.59 Å². The maximum Gasteiger partial charge on any atom is 0.263 e. The van der Waals surface area contributed by atoms with Crippen LogP contribution in [0.25, 0.3) is 22.3 Å². The Hall–Kier alpha value is -3.56. The summed E-state index contributed by atoms with van der Waals surface area (Å²) in [7, 11) is 0. The number of carbonyl (C=O) groups is 2. The second kappa shape index (κ2) is 10.7. The highest BCUT2D eigenvalue weighted by Gasteiger charge is 2.31. The molecule has 3 aromatic rings. The van der Waals surface area contributed by atoms with Crippen LogP contribution in [0.15, 0.2) is 24.5 Å². The van der Waals surface area contributed by atoms with E-state index in [1.54, 1.807) is 13.0 Å². The number of rotatable bonds is 8. The summed E-state index contributed by atoms with van der Waals surface area (Å²) >= 11 is 0. The molecule has 0 unspecified atom stereocenters. The molecule has 0 aliphatic heterocycles. The number of nitrogens with one attached hydrogen (secondary N) is 3. The molecule has 2 saturated carbocycles. The number of ether oxygens (including phenoxy) is 1. The fraction of sp³-hybridized carbons (Fsp3) is 0.500. The maximum atomic E-state index is 13.6. The standard InChI is InChI=1S/C28H33F2N5O3/c1-14-10-19(34-16(3)36)7-8-21(14)35-28(37)23-15(2)33-26-24(31-13-32-25(23)26)20-11-18(27(29)30)6-9-22(20)38-12-17-4-5-17/h6,9,11,13-14,17,19,21,27,33H,4-5,7-8,10,12H2,1-3H3,(H,34,36)(H,35,37)/t14-,19+,21-/m1/s1. The van der Waals surface area contributed by atoms with E-state index in [4.69, 9.17) is 4.74 Å². The first-order chi connectivity index (χ1) is 18.2. The second-order valence-electron chi connectivity index (χ2n) is 10.6. The highest BCUT2D eigenvalue weighted by molar-refractivity contribution is 6.09. The number of benzene rings is 1. The predicted octanol–water partition coefficient (Wildman–Crippen LogP) is 5.08. The third-order valence-electron chi connectivity index (χ3n) is 7.57. The number of hydrogen-bond donors (Lipinski definition) is 3. The third-order valence-corrected chi connectivity index (χ3v) is 7.57. The zero-order valence-electron chi connectivity index (χ0n) is 21.8. The van der Waals surface area contributed by atoms with Gasteiger partial charge in [0.15, 0.2) is 0 Å². The van der Waals surface area contributed by atoms with Gasteiger partial charge in [-0.15, -0.1) is 0 Å². The molecule has 0 bridgehead atoms. The number of amides is 2. The van der Waals surface area contributed by atoms with E-state index in [0.717, 1.165) is 32.1 Å². The van der Waals surface area contributed by atoms with Crippen LogP contribution in [0.2, 0.25) is 0 Å². The Kier molecular flexibility index (Phi) is 7.32. The van der Waals surface area contributed by atoms with Gasteiger partial charge in [-0.05, 0) is 69.1 Å². The van der Waals surface area contributed by atoms with Crippen molar-refractivity contribution in [1.29, 1.82) is 0 Å². The van der Waals surface area contributed by atoms with E-state index in [1.165, 1.54) is 25.4 Å². The van der Waals surface area contributed by atoms with Gasteiger partial charge in [-0.2, -0.15) is 0 Å². The molecule has 10 heteroatoms. The lowest BCUT2D eigenvalue weighted by Gasteiger charge is -2.34. The molecule has 0 radical (unpaired) electrons. The second-order valence-corrected chi connectivity index (χ2v) is 10.6. The maximum absolute atomic E-state index is 13.6. The van der Waals surface area contributed by atoms with E-state index in [9.17, 15) is 18.4 Å². The van der Waals surface area contributed by atoms with Crippen molar-refractivity contribution in [2.75, 3.05) is 6.61 Å². The lowest BCUT2D eigenvalue weighted by Crippen LogP contribution is -2.47. The molecule has 3 atom stereocenters. The minimum Gasteiger partial charge on any atom is -0.493 e. The summed E-state index contributed by atoms with van der Waals surface area (Å²) in [6, 6.07) is 4.41. The first kappa shape index (κ1) is 26.1. The smallest absolute Gasteiger partial charge is 0.263 e. The molecule has 38 heavy (non-hydrogen) atoms. The molecular weight excluding hydrogens is 492 g/mol. The van der Waals surface area contributed by atoms with Crippen LogP contribution in [0.1, 0.15) is 74.0 Å². The van der Waals surface area contributed by atoms with Crippen LogP contribution >= 0.6 is 0 Å². The summed E-state index contributed by atoms with van der Waals surface area (Å²) in [6.45, 7) is 5.90. The number of H-pyrrole nitrogens is 1. The van der Waals surface area contributed by atoms with Crippen LogP contribution in [-0.4, -0.2) is 45.5 Å². The van der Waals surface area contributed by atoms with Crippen LogP contribution < -0.4 is 15.4 Å². The molecule has 2 aromatic heterocycles. The average molecular weight is 526 g/mol. The van der Waals surface area contributed by atoms with Crippen molar-refractivity contribution in [2.45, 2.75) is 71.4 Å². The van der Waals surface area contributed by atoms with Crippen LogP contribution in [0.3, 0.4) is 0 Å². The number of nitrogens with zero attached hydrogens (tertiary/aromatic N) is 2. The van der Waals surface area contributed by atoms with Gasteiger partial charge in [0.25, 0.3) is 12.3 Å². The minimum atomic E-state index is -2.64. The lowest BCUT2D eigenvalue weighted by atomic mass is 9.82. The Morgan fingerprint density at radius 2 is 1.95 bits per heavy atom. The van der Waals surface area contributed by atoms with Gasteiger partial charge in [0, 0.05) is 35.8 Å². The van der Waals surface area contributed by atoms with Crippen molar-refractivity contribution in [1.82, 2.24) is 25.6 Å². The largest absolute Gasteiger partial charge is 0.493 e. The Morgan fingerprint density at radius 3 is 2.63 bits per heavy atom. The first-order valence-electron chi connectivity index (χ1n) is 13.2. The van der Waals surface area contributed by atoms with Gasteiger partial charge < -0.3 is 20.4 Å². The molecule has 2 amide bonds. The van der Waals surface area contributed by atoms with E-state index in [1.807, 2.05) is 0 Å². The van der Waals surface area contributed by atoms with Gasteiger partial charge >= 0.3 is 0 Å². The highest BCUT2D eigenvalue weighted by Crippen LogP contribution is 2.38. The molecule has 2 fully saturated rings. The van der Waals surface area contributed by atoms with E-state index >= 15 is 0 Å². The van der Waals surface area contributed by atoms with Crippen molar-refractivity contribution in [3.8, 4) is 17.0 Å². The number of aromatic nitrogens is 3. The van der Waals surface area contributed by atoms with Crippen molar-refractivity contribution in [2.24, 2.45) is 11.8 Å². The molecule has 0 spiro atoms. The Balaban J connectivity index is 1.44. The molecule has 2 aliphatic carbocycles. The summed E-state index contributed by atoms with van der Waals surface area (Å²) in [4.78, 5) is 36.9. The fourth-order valence-electron chi connectivity index (χ4n) is 5.36. The quantitative estimate of drug-likeness (QED) is 0.380. The highest BCUT2D eigenvalue weighted by atomic mass is 19.3. The normalized spacial score (nSPS) is 21.5. The molecule has 0 saturated heterocycles. The molecule has 5 rings (SSSR count). The molecule has 2 aliphatic rings. The Bertz CT molecular complexity index is 1350. The van der Waals surface area contributed by atoms with Crippen LogP contribution in [0.4, 0.5) is 8.78 Å². The van der Waals surface area contributed by atoms with Gasteiger partial charge in [0.1, 0.15) is 23.3 Å². The number of aromatic amines is 1. The van der Waals surface area contributed by atoms with E-state index in [-0.39, 0.29) is 35.4 Å². The van der Waals surface area contributed by atoms with Gasteiger partial charge in [0.05, 0.1) is 17.7 Å². The average Bonchev–Trinajstić information content (AvgIpc) is 3.63. The first-order valence-corrected chi connectivity index (χ1v) is 13.2. The monoisotopic (exact) mass is 525 g/mol. The lowest BCUT2D eigenvalue weighted by molar-refractivity contribution is -0.120. The van der Waals surface area contributed by atoms with Gasteiger partial charge in [0.2, 0.25) is 5.91 Å². The van der Waals surface area contributed by atoms with Crippen LogP contribution in [-0.2, 0) is 4.79 Å². The fourth-order valence-corrected chi connectivity index (χ4v) is 5.36. The molecule has 2 heterocycles. The minimum absolute atomic E-state index is 0.0386. The van der Waals surface area contributed by atoms with Gasteiger partial charge in [-0.25, -0.2) is 18.7 Å². The number of halogens is 2. The number of aryl methyl sites for hydroxylation is 1. The van der Waals surface area contributed by atoms with Crippen molar-refractivity contribution in [3.63, 3.8) is 0 Å². The third kappa shape index (κ3) is 5.49. The summed E-state index contributed by atoms with van der Waals surface area (Å²) in [5.41, 5.74) is 2.68. The summed E-state index contributed by atoms with van der Waals surface area (Å²) in [5.74, 6) is 0.851. The van der Waals surface area contributed by atoms with Crippen molar-refractivity contribution in [3.05, 3.63) is 41.3 Å². The number of fused-ring (bicyclic) bond motifs is 1. The summed E-state index contributed by atoms with van der Waals surface area (Å²) in [5, 5.41) is 6.13. The zero-order chi connectivity index (χ0) is 27.0. The molecule has 3 N–H and O–H groups in total. The summed E-state index contributed by atoms with van der Waals surface area (Å²) in [6.07, 6.45) is 3.24. The van der Waals surface area contributed by atoms with E-state index < -0.39 is 6.43 Å². The number of carbonyl (C=O) groups excluding carboxylic acids is 2. The zero-order valence-corrected chi connectivity index (χ0v) is 21.8. The molecule has 202 valence electrons. The topological polar surface area (TPSA) is 109 Å². The predicted molar refractivity (Wildman–Crippen MR) is 139 cm³/mol. The number of hydrogen-bond acceptors (Lipinski definition) is 5.